The van der Waals surface area contributed by atoms with E-state index in [1.807, 2.05) is 0 Å². The molecule has 1 rings (SSSR count). The van der Waals surface area contributed by atoms with Crippen LogP contribution < -0.4 is 4.18 Å². The van der Waals surface area contributed by atoms with E-state index in [2.05, 4.69) is 8.92 Å². The average molecular weight is 264 g/mol. The summed E-state index contributed by atoms with van der Waals surface area (Å²) in [5.74, 6) is -0.950. The van der Waals surface area contributed by atoms with Crippen LogP contribution in [0.4, 0.5) is 19.4 Å². The molecule has 0 N–H and O–H groups in total. The minimum Gasteiger partial charge on any atom is -0.380 e. The fourth-order valence-electron chi connectivity index (χ4n) is 1.04. The maximum atomic E-state index is 12.0. The number of rotatable bonds is 4. The Balaban J connectivity index is 2.96. The monoisotopic (exact) mass is 264 g/mol. The van der Waals surface area contributed by atoms with Gasteiger partial charge in [0.2, 0.25) is 0 Å². The minimum absolute atomic E-state index is 0.0114. The van der Waals surface area contributed by atoms with E-state index in [0.29, 0.717) is 5.56 Å². The Labute approximate surface area is 88.9 Å². The lowest BCUT2D eigenvalue weighted by molar-refractivity contribution is 0.184. The second kappa shape index (κ2) is 3.24. The normalized spacial score (nSPS) is 16.4. The Hall–Kier alpha value is -1.02. The van der Waals surface area contributed by atoms with Crippen molar-refractivity contribution in [2.45, 2.75) is 6.61 Å². The summed E-state index contributed by atoms with van der Waals surface area (Å²) in [7, 11) is -8.55. The summed E-state index contributed by atoms with van der Waals surface area (Å²) in [5, 5.41) is 0. The zero-order chi connectivity index (χ0) is 12.5. The molecule has 0 heterocycles. The molecule has 0 aliphatic carbocycles. The van der Waals surface area contributed by atoms with E-state index in [4.69, 9.17) is 0 Å². The van der Waals surface area contributed by atoms with Gasteiger partial charge < -0.3 is 8.92 Å². The maximum Gasteiger partial charge on any atom is 0.435 e. The van der Waals surface area contributed by atoms with Gasteiger partial charge in [0.25, 0.3) is 0 Å². The molecule has 0 saturated carbocycles. The number of halogens is 5. The quantitative estimate of drug-likeness (QED) is 0.749. The Kier molecular flexibility index (Phi) is 2.64. The van der Waals surface area contributed by atoms with Crippen LogP contribution in [0.3, 0.4) is 0 Å². The van der Waals surface area contributed by atoms with Crippen LogP contribution in [0, 0.1) is 0 Å². The van der Waals surface area contributed by atoms with Crippen molar-refractivity contribution < 1.29 is 28.3 Å². The van der Waals surface area contributed by atoms with Crippen molar-refractivity contribution in [2.75, 3.05) is 7.11 Å². The molecule has 0 aromatic heterocycles. The van der Waals surface area contributed by atoms with Crippen LogP contribution in [0.5, 0.6) is 5.75 Å². The Morgan fingerprint density at radius 2 is 1.75 bits per heavy atom. The van der Waals surface area contributed by atoms with Crippen molar-refractivity contribution in [3.8, 4) is 5.75 Å². The maximum absolute atomic E-state index is 12.0. The first-order valence-corrected chi connectivity index (χ1v) is 5.89. The van der Waals surface area contributed by atoms with E-state index in [1.54, 1.807) is 0 Å². The molecule has 0 spiro atoms. The van der Waals surface area contributed by atoms with Gasteiger partial charge in [-0.25, -0.2) is 0 Å². The lowest BCUT2D eigenvalue weighted by atomic mass is 10.2. The summed E-state index contributed by atoms with van der Waals surface area (Å²) in [6.07, 6.45) is 0. The summed E-state index contributed by atoms with van der Waals surface area (Å²) in [6, 6.07) is 4.26. The van der Waals surface area contributed by atoms with Gasteiger partial charge in [-0.2, -0.15) is 0 Å². The summed E-state index contributed by atoms with van der Waals surface area (Å²) in [6.45, 7) is 0.0114. The zero-order valence-corrected chi connectivity index (χ0v) is 8.95. The van der Waals surface area contributed by atoms with Gasteiger partial charge in [0.05, 0.1) is 6.61 Å². The summed E-state index contributed by atoms with van der Waals surface area (Å²) in [5.41, 5.74) is 0.307. The van der Waals surface area contributed by atoms with Crippen molar-refractivity contribution in [1.82, 2.24) is 0 Å². The second-order valence-corrected chi connectivity index (χ2v) is 5.02. The van der Waals surface area contributed by atoms with E-state index >= 15 is 0 Å². The lowest BCUT2D eigenvalue weighted by Gasteiger charge is -2.39. The van der Waals surface area contributed by atoms with Crippen molar-refractivity contribution in [2.24, 2.45) is 0 Å². The highest BCUT2D eigenvalue weighted by atomic mass is 32.5. The van der Waals surface area contributed by atoms with E-state index in [9.17, 15) is 19.4 Å². The molecule has 0 bridgehead atoms. The third kappa shape index (κ3) is 5.17. The van der Waals surface area contributed by atoms with E-state index < -0.39 is 16.3 Å². The smallest absolute Gasteiger partial charge is 0.380 e. The summed E-state index contributed by atoms with van der Waals surface area (Å²) >= 11 is 0. The largest absolute Gasteiger partial charge is 0.435 e. The van der Waals surface area contributed by atoms with Gasteiger partial charge in [0.15, 0.2) is 0 Å². The van der Waals surface area contributed by atoms with Crippen LogP contribution in [0.15, 0.2) is 24.3 Å². The van der Waals surface area contributed by atoms with Crippen LogP contribution in [0.25, 0.3) is 0 Å². The third-order valence-electron chi connectivity index (χ3n) is 1.46. The highest BCUT2D eigenvalue weighted by molar-refractivity contribution is 8.42. The van der Waals surface area contributed by atoms with Gasteiger partial charge in [-0.15, -0.1) is 0 Å². The number of hydrogen-bond donors (Lipinski definition) is 0. The molecule has 0 unspecified atom stereocenters. The molecule has 1 aromatic carbocycles. The van der Waals surface area contributed by atoms with E-state index in [-0.39, 0.29) is 6.61 Å². The summed E-state index contributed by atoms with van der Waals surface area (Å²) in [4.78, 5) is 0. The fourth-order valence-corrected chi connectivity index (χ4v) is 1.50. The standard InChI is InChI=1S/C8H9F5O2S/c1-14-6-7-3-2-4-8(5-7)15-16(9,10,11,12)13/h2-5H,6H2,1H3. The molecular weight excluding hydrogens is 255 g/mol. The number of benzene rings is 1. The third-order valence-corrected chi connectivity index (χ3v) is 1.97. The van der Waals surface area contributed by atoms with Crippen molar-refractivity contribution in [1.29, 1.82) is 0 Å². The first kappa shape index (κ1) is 13.0. The molecule has 0 aliphatic heterocycles. The molecule has 0 fully saturated rings. The molecule has 8 heteroatoms. The Bertz CT molecular complexity index is 388. The van der Waals surface area contributed by atoms with Gasteiger partial charge in [-0.05, 0) is 17.7 Å². The molecule has 0 saturated heterocycles. The van der Waals surface area contributed by atoms with Crippen LogP contribution >= 0.6 is 10.5 Å². The number of ether oxygens (including phenoxy) is 1. The molecule has 0 amide bonds. The van der Waals surface area contributed by atoms with Gasteiger partial charge >= 0.3 is 10.5 Å². The molecule has 16 heavy (non-hydrogen) atoms. The van der Waals surface area contributed by atoms with Crippen LogP contribution in [0.2, 0.25) is 0 Å². The SMILES string of the molecule is COCc1cccc(OS(F)(F)(F)(F)F)c1. The molecule has 0 atom stereocenters. The molecular formula is C8H9F5O2S. The molecule has 1 aromatic rings. The van der Waals surface area contributed by atoms with Crippen LogP contribution in [-0.4, -0.2) is 7.11 Å². The minimum atomic E-state index is -9.88. The van der Waals surface area contributed by atoms with E-state index in [1.165, 1.54) is 19.2 Å². The number of hydrogen-bond acceptors (Lipinski definition) is 2. The van der Waals surface area contributed by atoms with Gasteiger partial charge in [-0.1, -0.05) is 31.6 Å². The Morgan fingerprint density at radius 1 is 1.12 bits per heavy atom. The van der Waals surface area contributed by atoms with E-state index in [0.717, 1.165) is 12.1 Å². The highest BCUT2D eigenvalue weighted by Gasteiger charge is 2.67. The predicted octanol–water partition coefficient (Wildman–Crippen LogP) is 4.43. The van der Waals surface area contributed by atoms with Gasteiger partial charge in [-0.3, -0.25) is 0 Å². The molecule has 0 radical (unpaired) electrons. The fraction of sp³-hybridized carbons (Fsp3) is 0.250. The van der Waals surface area contributed by atoms with Crippen molar-refractivity contribution >= 4 is 10.5 Å². The first-order chi connectivity index (χ1) is 6.99. The number of methoxy groups -OCH3 is 1. The lowest BCUT2D eigenvalue weighted by Crippen LogP contribution is -2.14. The highest BCUT2D eigenvalue weighted by Crippen LogP contribution is 2.97. The van der Waals surface area contributed by atoms with Gasteiger partial charge in [0.1, 0.15) is 5.75 Å². The summed E-state index contributed by atoms with van der Waals surface area (Å²) < 4.78 is 67.4. The first-order valence-electron chi connectivity index (χ1n) is 4.01. The molecule has 2 nitrogen and oxygen atoms in total. The molecule has 94 valence electrons. The van der Waals surface area contributed by atoms with Crippen molar-refractivity contribution in [3.05, 3.63) is 29.8 Å². The molecule has 0 aliphatic rings. The van der Waals surface area contributed by atoms with Crippen LogP contribution in [-0.2, 0) is 11.3 Å². The van der Waals surface area contributed by atoms with Crippen LogP contribution in [0.1, 0.15) is 5.56 Å². The average Bonchev–Trinajstić information content (AvgIpc) is 1.99. The Morgan fingerprint density at radius 3 is 2.25 bits per heavy atom. The van der Waals surface area contributed by atoms with Gasteiger partial charge in [0, 0.05) is 7.11 Å². The van der Waals surface area contributed by atoms with Crippen molar-refractivity contribution in [3.63, 3.8) is 0 Å². The topological polar surface area (TPSA) is 18.5 Å². The zero-order valence-electron chi connectivity index (χ0n) is 8.13. The predicted molar refractivity (Wildman–Crippen MR) is 50.9 cm³/mol. The second-order valence-electron chi connectivity index (χ2n) is 3.06.